The van der Waals surface area contributed by atoms with Crippen LogP contribution in [0.4, 0.5) is 4.39 Å². The van der Waals surface area contributed by atoms with Gasteiger partial charge in [0.2, 0.25) is 0 Å². The SMILES string of the molecule is Fc1ccc2nc(C3CCN(Cc4c[nH]c5ccccc45)C3)[nH]c2c1. The van der Waals surface area contributed by atoms with Gasteiger partial charge in [0.25, 0.3) is 0 Å². The molecule has 0 aliphatic carbocycles. The molecule has 0 amide bonds. The predicted molar refractivity (Wildman–Crippen MR) is 97.0 cm³/mol. The maximum atomic E-state index is 13.4. The molecule has 2 N–H and O–H groups in total. The van der Waals surface area contributed by atoms with Crippen molar-refractivity contribution in [2.75, 3.05) is 13.1 Å². The van der Waals surface area contributed by atoms with Crippen LogP contribution in [0.5, 0.6) is 0 Å². The Morgan fingerprint density at radius 1 is 1.16 bits per heavy atom. The molecule has 4 nitrogen and oxygen atoms in total. The quantitative estimate of drug-likeness (QED) is 0.591. The summed E-state index contributed by atoms with van der Waals surface area (Å²) < 4.78 is 13.4. The summed E-state index contributed by atoms with van der Waals surface area (Å²) in [6.07, 6.45) is 3.19. The summed E-state index contributed by atoms with van der Waals surface area (Å²) in [5.74, 6) is 1.12. The fraction of sp³-hybridized carbons (Fsp3) is 0.250. The molecular weight excluding hydrogens is 315 g/mol. The highest BCUT2D eigenvalue weighted by molar-refractivity contribution is 5.83. The lowest BCUT2D eigenvalue weighted by Crippen LogP contribution is -2.19. The molecule has 1 atom stereocenters. The molecule has 25 heavy (non-hydrogen) atoms. The summed E-state index contributed by atoms with van der Waals surface area (Å²) in [6, 6.07) is 13.1. The molecule has 2 aromatic heterocycles. The van der Waals surface area contributed by atoms with E-state index in [0.29, 0.717) is 5.92 Å². The summed E-state index contributed by atoms with van der Waals surface area (Å²) >= 11 is 0. The Morgan fingerprint density at radius 2 is 2.08 bits per heavy atom. The van der Waals surface area contributed by atoms with Gasteiger partial charge in [0.1, 0.15) is 11.6 Å². The van der Waals surface area contributed by atoms with Gasteiger partial charge in [-0.3, -0.25) is 4.90 Å². The minimum atomic E-state index is -0.227. The van der Waals surface area contributed by atoms with E-state index in [1.165, 1.54) is 28.6 Å². The van der Waals surface area contributed by atoms with Crippen LogP contribution >= 0.6 is 0 Å². The highest BCUT2D eigenvalue weighted by atomic mass is 19.1. The van der Waals surface area contributed by atoms with E-state index in [9.17, 15) is 4.39 Å². The van der Waals surface area contributed by atoms with Gasteiger partial charge in [0, 0.05) is 36.1 Å². The minimum Gasteiger partial charge on any atom is -0.361 e. The zero-order valence-electron chi connectivity index (χ0n) is 13.8. The normalized spacial score (nSPS) is 18.5. The highest BCUT2D eigenvalue weighted by Gasteiger charge is 2.26. The van der Waals surface area contributed by atoms with Crippen LogP contribution in [0.3, 0.4) is 0 Å². The minimum absolute atomic E-state index is 0.227. The standard InChI is InChI=1S/C20H19FN4/c21-15-5-6-18-19(9-15)24-20(23-18)13-7-8-25(11-13)12-14-10-22-17-4-2-1-3-16(14)17/h1-6,9-10,13,22H,7-8,11-12H2,(H,23,24). The molecule has 0 spiro atoms. The van der Waals surface area contributed by atoms with Crippen molar-refractivity contribution in [3.8, 4) is 0 Å². The molecule has 2 aromatic carbocycles. The van der Waals surface area contributed by atoms with E-state index >= 15 is 0 Å². The predicted octanol–water partition coefficient (Wildman–Crippen LogP) is 4.17. The number of hydrogen-bond acceptors (Lipinski definition) is 2. The van der Waals surface area contributed by atoms with Gasteiger partial charge >= 0.3 is 0 Å². The Hall–Kier alpha value is -2.66. The van der Waals surface area contributed by atoms with Gasteiger partial charge in [-0.15, -0.1) is 0 Å². The summed E-state index contributed by atoms with van der Waals surface area (Å²) in [5, 5.41) is 1.30. The van der Waals surface area contributed by atoms with E-state index in [4.69, 9.17) is 0 Å². The summed E-state index contributed by atoms with van der Waals surface area (Å²) in [6.45, 7) is 2.97. The molecule has 0 bridgehead atoms. The van der Waals surface area contributed by atoms with Crippen molar-refractivity contribution in [3.63, 3.8) is 0 Å². The first-order valence-electron chi connectivity index (χ1n) is 8.69. The smallest absolute Gasteiger partial charge is 0.125 e. The Kier molecular flexibility index (Phi) is 3.35. The number of imidazole rings is 1. The largest absolute Gasteiger partial charge is 0.361 e. The molecule has 5 rings (SSSR count). The number of halogens is 1. The van der Waals surface area contributed by atoms with Crippen LogP contribution in [0.15, 0.2) is 48.7 Å². The van der Waals surface area contributed by atoms with Crippen LogP contribution in [0.25, 0.3) is 21.9 Å². The lowest BCUT2D eigenvalue weighted by molar-refractivity contribution is 0.327. The van der Waals surface area contributed by atoms with E-state index in [-0.39, 0.29) is 5.82 Å². The Morgan fingerprint density at radius 3 is 3.04 bits per heavy atom. The second-order valence-corrected chi connectivity index (χ2v) is 6.86. The third-order valence-corrected chi connectivity index (χ3v) is 5.19. The van der Waals surface area contributed by atoms with E-state index in [2.05, 4.69) is 50.3 Å². The third kappa shape index (κ3) is 2.61. The lowest BCUT2D eigenvalue weighted by atomic mass is 10.1. The topological polar surface area (TPSA) is 47.7 Å². The number of aromatic nitrogens is 3. The van der Waals surface area contributed by atoms with E-state index in [1.54, 1.807) is 6.07 Å². The fourth-order valence-electron chi connectivity index (χ4n) is 3.90. The number of benzene rings is 2. The fourth-order valence-corrected chi connectivity index (χ4v) is 3.90. The summed E-state index contributed by atoms with van der Waals surface area (Å²) in [7, 11) is 0. The van der Waals surface area contributed by atoms with Crippen molar-refractivity contribution in [1.29, 1.82) is 0 Å². The van der Waals surface area contributed by atoms with Crippen molar-refractivity contribution >= 4 is 21.9 Å². The highest BCUT2D eigenvalue weighted by Crippen LogP contribution is 2.29. The zero-order chi connectivity index (χ0) is 16.8. The van der Waals surface area contributed by atoms with Crippen LogP contribution in [0.2, 0.25) is 0 Å². The molecular formula is C20H19FN4. The molecule has 3 heterocycles. The number of nitrogens with zero attached hydrogens (tertiary/aromatic N) is 2. The van der Waals surface area contributed by atoms with Crippen LogP contribution < -0.4 is 0 Å². The Labute approximate surface area is 144 Å². The molecule has 1 aliphatic heterocycles. The van der Waals surface area contributed by atoms with Crippen molar-refractivity contribution in [2.24, 2.45) is 0 Å². The summed E-state index contributed by atoms with van der Waals surface area (Å²) in [4.78, 5) is 13.8. The average Bonchev–Trinajstić information content (AvgIpc) is 3.33. The van der Waals surface area contributed by atoms with Gasteiger partial charge in [-0.05, 0) is 42.8 Å². The molecule has 5 heteroatoms. The van der Waals surface area contributed by atoms with Crippen LogP contribution in [0.1, 0.15) is 23.7 Å². The van der Waals surface area contributed by atoms with Gasteiger partial charge in [-0.1, -0.05) is 18.2 Å². The number of nitrogens with one attached hydrogen (secondary N) is 2. The molecule has 1 fully saturated rings. The number of rotatable bonds is 3. The van der Waals surface area contributed by atoms with Crippen LogP contribution in [-0.4, -0.2) is 32.9 Å². The molecule has 0 saturated carbocycles. The Balaban J connectivity index is 1.35. The number of fused-ring (bicyclic) bond motifs is 2. The summed E-state index contributed by atoms with van der Waals surface area (Å²) in [5.41, 5.74) is 4.15. The first-order chi connectivity index (χ1) is 12.3. The second-order valence-electron chi connectivity index (χ2n) is 6.86. The number of likely N-dealkylation sites (tertiary alicyclic amines) is 1. The van der Waals surface area contributed by atoms with Crippen molar-refractivity contribution in [1.82, 2.24) is 19.9 Å². The molecule has 0 radical (unpaired) electrons. The van der Waals surface area contributed by atoms with Gasteiger partial charge in [-0.2, -0.15) is 0 Å². The van der Waals surface area contributed by atoms with Crippen molar-refractivity contribution < 1.29 is 4.39 Å². The molecule has 4 aromatic rings. The van der Waals surface area contributed by atoms with E-state index < -0.39 is 0 Å². The second kappa shape index (κ2) is 5.70. The lowest BCUT2D eigenvalue weighted by Gasteiger charge is -2.14. The first kappa shape index (κ1) is 14.7. The van der Waals surface area contributed by atoms with Crippen molar-refractivity contribution in [2.45, 2.75) is 18.9 Å². The zero-order valence-corrected chi connectivity index (χ0v) is 13.8. The van der Waals surface area contributed by atoms with E-state index in [1.807, 2.05) is 0 Å². The molecule has 1 aliphatic rings. The number of H-pyrrole nitrogens is 2. The third-order valence-electron chi connectivity index (χ3n) is 5.19. The molecule has 1 saturated heterocycles. The number of aromatic amines is 2. The number of hydrogen-bond donors (Lipinski definition) is 2. The maximum absolute atomic E-state index is 13.4. The van der Waals surface area contributed by atoms with Gasteiger partial charge in [0.15, 0.2) is 0 Å². The molecule has 126 valence electrons. The first-order valence-corrected chi connectivity index (χ1v) is 8.69. The van der Waals surface area contributed by atoms with Gasteiger partial charge < -0.3 is 9.97 Å². The van der Waals surface area contributed by atoms with Gasteiger partial charge in [0.05, 0.1) is 11.0 Å². The van der Waals surface area contributed by atoms with Crippen LogP contribution in [0, 0.1) is 5.82 Å². The average molecular weight is 334 g/mol. The monoisotopic (exact) mass is 334 g/mol. The van der Waals surface area contributed by atoms with E-state index in [0.717, 1.165) is 42.9 Å². The van der Waals surface area contributed by atoms with Gasteiger partial charge in [-0.25, -0.2) is 9.37 Å². The Bertz CT molecular complexity index is 1050. The van der Waals surface area contributed by atoms with Crippen molar-refractivity contribution in [3.05, 3.63) is 65.9 Å². The maximum Gasteiger partial charge on any atom is 0.125 e. The van der Waals surface area contributed by atoms with Crippen LogP contribution in [-0.2, 0) is 6.54 Å². The molecule has 1 unspecified atom stereocenters. The number of para-hydroxylation sites is 1.